The Morgan fingerprint density at radius 1 is 1.25 bits per heavy atom. The van der Waals surface area contributed by atoms with Crippen molar-refractivity contribution in [3.05, 3.63) is 35.9 Å². The van der Waals surface area contributed by atoms with Gasteiger partial charge in [-0.3, -0.25) is 14.4 Å². The van der Waals surface area contributed by atoms with Crippen LogP contribution in [0.25, 0.3) is 0 Å². The number of hydrogen-bond donors (Lipinski definition) is 4. The molecule has 0 saturated carbocycles. The van der Waals surface area contributed by atoms with Crippen molar-refractivity contribution < 1.29 is 19.5 Å². The fourth-order valence-corrected chi connectivity index (χ4v) is 1.33. The molecule has 7 nitrogen and oxygen atoms in total. The van der Waals surface area contributed by atoms with Crippen LogP contribution in [0, 0.1) is 0 Å². The molecule has 0 heterocycles. The molecule has 0 unspecified atom stereocenters. The highest BCUT2D eigenvalue weighted by Crippen LogP contribution is 2.02. The maximum atomic E-state index is 11.1. The molecule has 0 saturated heterocycles. The van der Waals surface area contributed by atoms with Gasteiger partial charge in [0.25, 0.3) is 5.97 Å². The van der Waals surface area contributed by atoms with E-state index in [1.54, 1.807) is 0 Å². The van der Waals surface area contributed by atoms with Gasteiger partial charge in [-0.15, -0.1) is 0 Å². The lowest BCUT2D eigenvalue weighted by Crippen LogP contribution is -2.47. The van der Waals surface area contributed by atoms with Crippen molar-refractivity contribution in [2.75, 3.05) is 6.54 Å². The lowest BCUT2D eigenvalue weighted by molar-refractivity contribution is -0.134. The highest BCUT2D eigenvalue weighted by Gasteiger charge is 2.17. The molecular weight excluding hydrogens is 262 g/mol. The first-order chi connectivity index (χ1) is 9.36. The third-order valence-electron chi connectivity index (χ3n) is 2.15. The van der Waals surface area contributed by atoms with Crippen LogP contribution >= 0.6 is 0 Å². The highest BCUT2D eigenvalue weighted by molar-refractivity contribution is 5.87. The van der Waals surface area contributed by atoms with Crippen molar-refractivity contribution >= 4 is 17.8 Å². The van der Waals surface area contributed by atoms with Crippen LogP contribution in [-0.4, -0.2) is 35.5 Å². The quantitative estimate of drug-likeness (QED) is 0.563. The summed E-state index contributed by atoms with van der Waals surface area (Å²) in [7, 11) is 0. The standard InChI is InChI=1S/C11H15N3O2.C2H4O2/c12-7-10(15)14-9(11(13)16)6-8-4-2-1-3-5-8;1-2(3)4/h1-5,9H,6-7,12H2,(H2,13,16)(H,14,15);1H3,(H,3,4)/t9-;/m0./s1. The Kier molecular flexibility index (Phi) is 8.36. The van der Waals surface area contributed by atoms with Gasteiger partial charge in [-0.05, 0) is 5.56 Å². The van der Waals surface area contributed by atoms with Crippen molar-refractivity contribution in [2.45, 2.75) is 19.4 Å². The van der Waals surface area contributed by atoms with Crippen LogP contribution in [0.2, 0.25) is 0 Å². The maximum absolute atomic E-state index is 11.1. The van der Waals surface area contributed by atoms with E-state index >= 15 is 0 Å². The number of carboxylic acids is 1. The minimum atomic E-state index is -0.833. The lowest BCUT2D eigenvalue weighted by Gasteiger charge is -2.14. The molecule has 6 N–H and O–H groups in total. The van der Waals surface area contributed by atoms with E-state index < -0.39 is 17.9 Å². The summed E-state index contributed by atoms with van der Waals surface area (Å²) in [5.41, 5.74) is 11.3. The number of primary amides is 1. The molecule has 0 bridgehead atoms. The van der Waals surface area contributed by atoms with E-state index in [2.05, 4.69) is 5.32 Å². The van der Waals surface area contributed by atoms with E-state index in [1.807, 2.05) is 30.3 Å². The normalized spacial score (nSPS) is 10.7. The number of carboxylic acid groups (broad SMARTS) is 1. The summed E-state index contributed by atoms with van der Waals surface area (Å²) in [6.07, 6.45) is 0.377. The SMILES string of the molecule is CC(=O)O.NCC(=O)N[C@@H](Cc1ccccc1)C(N)=O. The molecule has 7 heteroatoms. The van der Waals surface area contributed by atoms with Crippen LogP contribution in [0.4, 0.5) is 0 Å². The number of benzene rings is 1. The molecule has 1 rings (SSSR count). The molecule has 1 aromatic carbocycles. The first-order valence-electron chi connectivity index (χ1n) is 5.89. The average Bonchev–Trinajstić information content (AvgIpc) is 2.38. The maximum Gasteiger partial charge on any atom is 0.300 e. The molecule has 1 aromatic rings. The Bertz CT molecular complexity index is 444. The van der Waals surface area contributed by atoms with Gasteiger partial charge in [0.1, 0.15) is 6.04 Å². The number of hydrogen-bond acceptors (Lipinski definition) is 4. The summed E-state index contributed by atoms with van der Waals surface area (Å²) < 4.78 is 0. The van der Waals surface area contributed by atoms with Gasteiger partial charge in [0.2, 0.25) is 11.8 Å². The molecule has 0 fully saturated rings. The lowest BCUT2D eigenvalue weighted by atomic mass is 10.1. The van der Waals surface area contributed by atoms with Gasteiger partial charge in [-0.25, -0.2) is 0 Å². The second kappa shape index (κ2) is 9.51. The predicted molar refractivity (Wildman–Crippen MR) is 73.6 cm³/mol. The highest BCUT2D eigenvalue weighted by atomic mass is 16.4. The number of aliphatic carboxylic acids is 1. The van der Waals surface area contributed by atoms with Crippen LogP contribution in [0.15, 0.2) is 30.3 Å². The van der Waals surface area contributed by atoms with Gasteiger partial charge in [0, 0.05) is 13.3 Å². The van der Waals surface area contributed by atoms with Crippen molar-refractivity contribution in [3.63, 3.8) is 0 Å². The third-order valence-corrected chi connectivity index (χ3v) is 2.15. The van der Waals surface area contributed by atoms with Gasteiger partial charge < -0.3 is 21.9 Å². The molecule has 0 aliphatic heterocycles. The second-order valence-electron chi connectivity index (χ2n) is 3.94. The summed E-state index contributed by atoms with van der Waals surface area (Å²) in [6, 6.07) is 8.62. The summed E-state index contributed by atoms with van der Waals surface area (Å²) in [4.78, 5) is 31.2. The number of nitrogens with one attached hydrogen (secondary N) is 1. The van der Waals surface area contributed by atoms with E-state index in [1.165, 1.54) is 0 Å². The summed E-state index contributed by atoms with van der Waals surface area (Å²) in [5.74, 6) is -1.79. The van der Waals surface area contributed by atoms with Crippen LogP contribution in [0.5, 0.6) is 0 Å². The van der Waals surface area contributed by atoms with Crippen molar-refractivity contribution in [2.24, 2.45) is 11.5 Å². The molecule has 0 aromatic heterocycles. The monoisotopic (exact) mass is 281 g/mol. The zero-order valence-electron chi connectivity index (χ0n) is 11.2. The minimum Gasteiger partial charge on any atom is -0.481 e. The Balaban J connectivity index is 0.000000796. The minimum absolute atomic E-state index is 0.154. The zero-order valence-corrected chi connectivity index (χ0v) is 11.2. The molecule has 2 amide bonds. The smallest absolute Gasteiger partial charge is 0.300 e. The summed E-state index contributed by atoms with van der Waals surface area (Å²) in [5, 5.41) is 9.89. The van der Waals surface area contributed by atoms with E-state index in [0.29, 0.717) is 6.42 Å². The number of carbonyl (C=O) groups excluding carboxylic acids is 2. The molecular formula is C13H19N3O4. The second-order valence-corrected chi connectivity index (χ2v) is 3.94. The summed E-state index contributed by atoms with van der Waals surface area (Å²) >= 11 is 0. The zero-order chi connectivity index (χ0) is 15.5. The average molecular weight is 281 g/mol. The molecule has 1 atom stereocenters. The number of carbonyl (C=O) groups is 3. The Morgan fingerprint density at radius 2 is 1.75 bits per heavy atom. The molecule has 0 spiro atoms. The van der Waals surface area contributed by atoms with E-state index in [-0.39, 0.29) is 12.5 Å². The van der Waals surface area contributed by atoms with E-state index in [0.717, 1.165) is 12.5 Å². The van der Waals surface area contributed by atoms with Crippen molar-refractivity contribution in [3.8, 4) is 0 Å². The van der Waals surface area contributed by atoms with Crippen LogP contribution in [0.1, 0.15) is 12.5 Å². The molecule has 0 aliphatic rings. The Morgan fingerprint density at radius 3 is 2.15 bits per heavy atom. The fraction of sp³-hybridized carbons (Fsp3) is 0.308. The van der Waals surface area contributed by atoms with Gasteiger partial charge in [-0.2, -0.15) is 0 Å². The molecule has 0 aliphatic carbocycles. The first-order valence-corrected chi connectivity index (χ1v) is 5.89. The van der Waals surface area contributed by atoms with Crippen LogP contribution in [0.3, 0.4) is 0 Å². The molecule has 110 valence electrons. The van der Waals surface area contributed by atoms with E-state index in [9.17, 15) is 9.59 Å². The molecule has 0 radical (unpaired) electrons. The van der Waals surface area contributed by atoms with Gasteiger partial charge in [0.15, 0.2) is 0 Å². The first kappa shape index (κ1) is 17.6. The Hall–Kier alpha value is -2.41. The number of rotatable bonds is 5. The summed E-state index contributed by atoms with van der Waals surface area (Å²) in [6.45, 7) is 0.929. The van der Waals surface area contributed by atoms with E-state index in [4.69, 9.17) is 21.4 Å². The van der Waals surface area contributed by atoms with Gasteiger partial charge in [-0.1, -0.05) is 30.3 Å². The number of amides is 2. The van der Waals surface area contributed by atoms with Crippen molar-refractivity contribution in [1.82, 2.24) is 5.32 Å². The van der Waals surface area contributed by atoms with Crippen LogP contribution in [-0.2, 0) is 20.8 Å². The van der Waals surface area contributed by atoms with Crippen molar-refractivity contribution in [1.29, 1.82) is 0 Å². The Labute approximate surface area is 117 Å². The van der Waals surface area contributed by atoms with Gasteiger partial charge in [0.05, 0.1) is 6.54 Å². The molecule has 20 heavy (non-hydrogen) atoms. The number of nitrogens with two attached hydrogens (primary N) is 2. The largest absolute Gasteiger partial charge is 0.481 e. The third kappa shape index (κ3) is 8.65. The topological polar surface area (TPSA) is 136 Å². The van der Waals surface area contributed by atoms with Crippen LogP contribution < -0.4 is 16.8 Å². The fourth-order valence-electron chi connectivity index (χ4n) is 1.33. The predicted octanol–water partition coefficient (Wildman–Crippen LogP) is -0.751. The van der Waals surface area contributed by atoms with Gasteiger partial charge >= 0.3 is 0 Å².